The second-order valence-electron chi connectivity index (χ2n) is 4.21. The number of likely N-dealkylation sites (tertiary alicyclic amines) is 1. The Morgan fingerprint density at radius 3 is 2.42 bits per heavy atom. The largest absolute Gasteiger partial charge is 0.295 e. The van der Waals surface area contributed by atoms with Crippen molar-refractivity contribution in [3.05, 3.63) is 0 Å². The van der Waals surface area contributed by atoms with Gasteiger partial charge in [0, 0.05) is 12.1 Å². The first-order valence-corrected chi connectivity index (χ1v) is 5.18. The Kier molecular flexibility index (Phi) is 2.35. The summed E-state index contributed by atoms with van der Waals surface area (Å²) in [5.41, 5.74) is 0.450. The summed E-state index contributed by atoms with van der Waals surface area (Å²) in [7, 11) is 0. The second-order valence-corrected chi connectivity index (χ2v) is 4.21. The summed E-state index contributed by atoms with van der Waals surface area (Å²) in [4.78, 5) is 2.40. The third kappa shape index (κ3) is 1.26. The van der Waals surface area contributed by atoms with E-state index in [2.05, 4.69) is 4.90 Å². The highest BCUT2D eigenvalue weighted by atomic mass is 19.1. The molecule has 0 unspecified atom stereocenters. The number of nitrogens with zero attached hydrogens (tertiary/aromatic N) is 1. The first-order chi connectivity index (χ1) is 5.87. The minimum absolute atomic E-state index is 0.165. The lowest BCUT2D eigenvalue weighted by Crippen LogP contribution is -2.42. The fourth-order valence-electron chi connectivity index (χ4n) is 3.04. The smallest absolute Gasteiger partial charge is 0.102 e. The molecule has 1 heterocycles. The molecule has 1 spiro atoms. The van der Waals surface area contributed by atoms with Crippen LogP contribution < -0.4 is 0 Å². The van der Waals surface area contributed by atoms with Gasteiger partial charge in [0.1, 0.15) is 6.67 Å². The molecule has 1 saturated carbocycles. The second kappa shape index (κ2) is 3.33. The van der Waals surface area contributed by atoms with Gasteiger partial charge in [-0.15, -0.1) is 0 Å². The zero-order valence-electron chi connectivity index (χ0n) is 7.69. The molecule has 2 fully saturated rings. The van der Waals surface area contributed by atoms with Crippen molar-refractivity contribution in [3.63, 3.8) is 0 Å². The van der Waals surface area contributed by atoms with Crippen molar-refractivity contribution in [2.24, 2.45) is 0 Å². The maximum Gasteiger partial charge on any atom is 0.102 e. The molecular weight excluding hydrogens is 153 g/mol. The van der Waals surface area contributed by atoms with E-state index in [0.717, 1.165) is 6.54 Å². The van der Waals surface area contributed by atoms with E-state index in [1.165, 1.54) is 38.5 Å². The van der Waals surface area contributed by atoms with Crippen LogP contribution in [-0.2, 0) is 0 Å². The first-order valence-electron chi connectivity index (χ1n) is 5.18. The number of halogens is 1. The monoisotopic (exact) mass is 171 g/mol. The normalized spacial score (nSPS) is 28.8. The molecule has 0 aromatic heterocycles. The maximum absolute atomic E-state index is 12.2. The van der Waals surface area contributed by atoms with Crippen molar-refractivity contribution >= 4 is 0 Å². The molecule has 1 aliphatic carbocycles. The van der Waals surface area contributed by atoms with Crippen LogP contribution in [0.15, 0.2) is 0 Å². The van der Waals surface area contributed by atoms with Gasteiger partial charge in [-0.1, -0.05) is 12.8 Å². The van der Waals surface area contributed by atoms with Gasteiger partial charge in [0.2, 0.25) is 0 Å². The summed E-state index contributed by atoms with van der Waals surface area (Å²) in [6, 6.07) is 0. The summed E-state index contributed by atoms with van der Waals surface area (Å²) < 4.78 is 12.2. The Hall–Kier alpha value is -0.110. The molecule has 0 amide bonds. The molecule has 0 bridgehead atoms. The maximum atomic E-state index is 12.2. The van der Waals surface area contributed by atoms with Crippen molar-refractivity contribution in [1.29, 1.82) is 0 Å². The number of hydrogen-bond acceptors (Lipinski definition) is 1. The lowest BCUT2D eigenvalue weighted by atomic mass is 9.94. The molecule has 2 heteroatoms. The third-order valence-corrected chi connectivity index (χ3v) is 3.63. The Morgan fingerprint density at radius 2 is 1.75 bits per heavy atom. The number of rotatable bonds is 2. The standard InChI is InChI=1S/C10H18FN/c11-7-9-12-8-3-6-10(12)4-1-2-5-10/h1-9H2. The van der Waals surface area contributed by atoms with Crippen LogP contribution in [0, 0.1) is 0 Å². The summed E-state index contributed by atoms with van der Waals surface area (Å²) in [6.07, 6.45) is 8.00. The van der Waals surface area contributed by atoms with E-state index in [-0.39, 0.29) is 6.67 Å². The molecule has 2 aliphatic rings. The lowest BCUT2D eigenvalue weighted by Gasteiger charge is -2.34. The van der Waals surface area contributed by atoms with Crippen LogP contribution in [0.4, 0.5) is 4.39 Å². The zero-order valence-corrected chi connectivity index (χ0v) is 7.69. The van der Waals surface area contributed by atoms with Crippen molar-refractivity contribution in [1.82, 2.24) is 4.90 Å². The summed E-state index contributed by atoms with van der Waals surface area (Å²) >= 11 is 0. The van der Waals surface area contributed by atoms with Crippen LogP contribution in [0.1, 0.15) is 38.5 Å². The average Bonchev–Trinajstić information content (AvgIpc) is 2.66. The topological polar surface area (TPSA) is 3.24 Å². The Morgan fingerprint density at radius 1 is 1.08 bits per heavy atom. The van der Waals surface area contributed by atoms with Crippen molar-refractivity contribution in [3.8, 4) is 0 Å². The summed E-state index contributed by atoms with van der Waals surface area (Å²) in [5.74, 6) is 0. The Labute approximate surface area is 73.9 Å². The highest BCUT2D eigenvalue weighted by Gasteiger charge is 2.42. The lowest BCUT2D eigenvalue weighted by molar-refractivity contribution is 0.133. The van der Waals surface area contributed by atoms with E-state index in [1.54, 1.807) is 0 Å². The van der Waals surface area contributed by atoms with Crippen LogP contribution in [-0.4, -0.2) is 30.2 Å². The van der Waals surface area contributed by atoms with E-state index in [9.17, 15) is 4.39 Å². The molecule has 0 radical (unpaired) electrons. The Bertz CT molecular complexity index is 146. The number of hydrogen-bond donors (Lipinski definition) is 0. The van der Waals surface area contributed by atoms with E-state index < -0.39 is 0 Å². The SMILES string of the molecule is FCCN1CCCC12CCCC2. The molecule has 1 nitrogen and oxygen atoms in total. The van der Waals surface area contributed by atoms with Gasteiger partial charge in [0.15, 0.2) is 0 Å². The predicted octanol–water partition coefficient (Wildman–Crippen LogP) is 2.36. The molecule has 70 valence electrons. The molecule has 0 N–H and O–H groups in total. The van der Waals surface area contributed by atoms with E-state index in [1.807, 2.05) is 0 Å². The average molecular weight is 171 g/mol. The van der Waals surface area contributed by atoms with E-state index >= 15 is 0 Å². The van der Waals surface area contributed by atoms with Gasteiger partial charge >= 0.3 is 0 Å². The summed E-state index contributed by atoms with van der Waals surface area (Å²) in [5, 5.41) is 0. The molecule has 2 rings (SSSR count). The summed E-state index contributed by atoms with van der Waals surface area (Å²) in [6.45, 7) is 1.66. The van der Waals surface area contributed by atoms with Crippen LogP contribution in [0.5, 0.6) is 0 Å². The fourth-order valence-corrected chi connectivity index (χ4v) is 3.04. The minimum Gasteiger partial charge on any atom is -0.295 e. The van der Waals surface area contributed by atoms with Crippen molar-refractivity contribution in [2.45, 2.75) is 44.1 Å². The van der Waals surface area contributed by atoms with E-state index in [0.29, 0.717) is 12.1 Å². The Balaban J connectivity index is 2.01. The third-order valence-electron chi connectivity index (χ3n) is 3.63. The highest BCUT2D eigenvalue weighted by molar-refractivity contribution is 4.98. The van der Waals surface area contributed by atoms with E-state index in [4.69, 9.17) is 0 Å². The van der Waals surface area contributed by atoms with Crippen LogP contribution in [0.3, 0.4) is 0 Å². The zero-order chi connectivity index (χ0) is 8.44. The molecule has 1 saturated heterocycles. The van der Waals surface area contributed by atoms with Crippen molar-refractivity contribution < 1.29 is 4.39 Å². The van der Waals surface area contributed by atoms with Gasteiger partial charge in [-0.25, -0.2) is 4.39 Å². The molecule has 0 atom stereocenters. The highest BCUT2D eigenvalue weighted by Crippen LogP contribution is 2.42. The number of alkyl halides is 1. The molecule has 1 aliphatic heterocycles. The fraction of sp³-hybridized carbons (Fsp3) is 1.00. The van der Waals surface area contributed by atoms with Gasteiger partial charge in [-0.3, -0.25) is 4.90 Å². The van der Waals surface area contributed by atoms with Gasteiger partial charge in [-0.05, 0) is 32.2 Å². The van der Waals surface area contributed by atoms with Gasteiger partial charge in [0.25, 0.3) is 0 Å². The van der Waals surface area contributed by atoms with Crippen LogP contribution in [0.25, 0.3) is 0 Å². The van der Waals surface area contributed by atoms with Crippen LogP contribution >= 0.6 is 0 Å². The quantitative estimate of drug-likeness (QED) is 0.616. The predicted molar refractivity (Wildman–Crippen MR) is 48.0 cm³/mol. The minimum atomic E-state index is -0.165. The van der Waals surface area contributed by atoms with Gasteiger partial charge < -0.3 is 0 Å². The first kappa shape index (κ1) is 8.49. The van der Waals surface area contributed by atoms with Crippen LogP contribution in [0.2, 0.25) is 0 Å². The van der Waals surface area contributed by atoms with Crippen molar-refractivity contribution in [2.75, 3.05) is 19.8 Å². The van der Waals surface area contributed by atoms with Gasteiger partial charge in [0.05, 0.1) is 0 Å². The molecular formula is C10H18FN. The molecule has 0 aromatic carbocycles. The molecule has 0 aromatic rings. The van der Waals surface area contributed by atoms with Gasteiger partial charge in [-0.2, -0.15) is 0 Å². The molecule has 12 heavy (non-hydrogen) atoms.